The molecule has 0 amide bonds. The first-order valence-electron chi connectivity index (χ1n) is 3.03. The number of aromatic carboxylic acids is 1. The largest absolute Gasteiger partial charge is 0.478 e. The first-order valence-corrected chi connectivity index (χ1v) is 4.43. The van der Waals surface area contributed by atoms with E-state index in [-0.39, 0.29) is 5.56 Å². The van der Waals surface area contributed by atoms with Crippen LogP contribution in [0.5, 0.6) is 0 Å². The number of rotatable bonds is 3. The fraction of sp³-hybridized carbons (Fsp3) is 0.286. The molecule has 3 nitrogen and oxygen atoms in total. The molecule has 0 radical (unpaired) electrons. The zero-order chi connectivity index (χ0) is 8.27. The number of hydrogen-bond donors (Lipinski definition) is 1. The first kappa shape index (κ1) is 8.20. The van der Waals surface area contributed by atoms with Gasteiger partial charge in [-0.15, -0.1) is 0 Å². The molecule has 0 aliphatic rings. The van der Waals surface area contributed by atoms with Gasteiger partial charge >= 0.3 is 5.97 Å². The average molecular weight is 172 g/mol. The molecular weight excluding hydrogens is 164 g/mol. The number of hydrogen-bond acceptors (Lipinski definition) is 3. The van der Waals surface area contributed by atoms with Crippen molar-refractivity contribution in [1.82, 2.24) is 0 Å². The van der Waals surface area contributed by atoms with Crippen LogP contribution in [-0.2, 0) is 5.75 Å². The van der Waals surface area contributed by atoms with Crippen molar-refractivity contribution in [3.8, 4) is 0 Å². The van der Waals surface area contributed by atoms with Crippen molar-refractivity contribution in [2.75, 3.05) is 6.26 Å². The highest BCUT2D eigenvalue weighted by Crippen LogP contribution is 2.12. The Morgan fingerprint density at radius 3 is 3.00 bits per heavy atom. The van der Waals surface area contributed by atoms with Crippen molar-refractivity contribution >= 4 is 17.7 Å². The molecule has 0 bridgehead atoms. The van der Waals surface area contributed by atoms with Gasteiger partial charge in [0.1, 0.15) is 12.0 Å². The molecule has 0 aliphatic heterocycles. The lowest BCUT2D eigenvalue weighted by atomic mass is 10.3. The lowest BCUT2D eigenvalue weighted by Gasteiger charge is -1.86. The maximum absolute atomic E-state index is 10.4. The Morgan fingerprint density at radius 2 is 2.55 bits per heavy atom. The van der Waals surface area contributed by atoms with Gasteiger partial charge in [-0.25, -0.2) is 4.79 Å². The molecule has 1 rings (SSSR count). The summed E-state index contributed by atoms with van der Waals surface area (Å²) in [5, 5.41) is 8.50. The van der Waals surface area contributed by atoms with Crippen LogP contribution in [-0.4, -0.2) is 17.3 Å². The van der Waals surface area contributed by atoms with Gasteiger partial charge in [0, 0.05) is 0 Å². The van der Waals surface area contributed by atoms with E-state index in [9.17, 15) is 4.79 Å². The Balaban J connectivity index is 2.73. The highest BCUT2D eigenvalue weighted by Gasteiger charge is 2.06. The molecule has 0 spiro atoms. The molecule has 0 saturated heterocycles. The Morgan fingerprint density at radius 1 is 1.82 bits per heavy atom. The normalized spacial score (nSPS) is 9.91. The zero-order valence-corrected chi connectivity index (χ0v) is 6.85. The standard InChI is InChI=1S/C7H8O3S/c1-11-4-6-2-5(3-10-6)7(8)9/h2-3H,4H2,1H3,(H,8,9). The second-order valence-electron chi connectivity index (χ2n) is 2.04. The summed E-state index contributed by atoms with van der Waals surface area (Å²) in [4.78, 5) is 10.4. The van der Waals surface area contributed by atoms with E-state index in [0.717, 1.165) is 0 Å². The van der Waals surface area contributed by atoms with Crippen LogP contribution in [0.15, 0.2) is 16.7 Å². The van der Waals surface area contributed by atoms with Crippen LogP contribution in [0.1, 0.15) is 16.1 Å². The third-order valence-electron chi connectivity index (χ3n) is 1.19. The van der Waals surface area contributed by atoms with Gasteiger partial charge < -0.3 is 9.52 Å². The Labute approximate surface area is 68.4 Å². The molecule has 0 fully saturated rings. The van der Waals surface area contributed by atoms with Crippen molar-refractivity contribution in [3.63, 3.8) is 0 Å². The highest BCUT2D eigenvalue weighted by molar-refractivity contribution is 7.97. The van der Waals surface area contributed by atoms with Crippen LogP contribution >= 0.6 is 11.8 Å². The summed E-state index contributed by atoms with van der Waals surface area (Å²) in [5.74, 6) is 0.476. The van der Waals surface area contributed by atoms with Crippen LogP contribution in [0.3, 0.4) is 0 Å². The molecule has 0 aromatic carbocycles. The summed E-state index contributed by atoms with van der Waals surface area (Å²) in [7, 11) is 0. The third kappa shape index (κ3) is 2.01. The minimum absolute atomic E-state index is 0.217. The van der Waals surface area contributed by atoms with Gasteiger partial charge in [-0.1, -0.05) is 0 Å². The lowest BCUT2D eigenvalue weighted by molar-refractivity contribution is 0.0696. The van der Waals surface area contributed by atoms with Gasteiger partial charge in [0.2, 0.25) is 0 Å². The minimum atomic E-state index is -0.943. The topological polar surface area (TPSA) is 50.4 Å². The Kier molecular flexibility index (Phi) is 2.59. The maximum Gasteiger partial charge on any atom is 0.338 e. The second kappa shape index (κ2) is 3.48. The molecule has 11 heavy (non-hydrogen) atoms. The number of carboxylic acids is 1. The van der Waals surface area contributed by atoms with E-state index >= 15 is 0 Å². The van der Waals surface area contributed by atoms with E-state index < -0.39 is 5.97 Å². The molecule has 1 heterocycles. The van der Waals surface area contributed by atoms with Crippen molar-refractivity contribution in [1.29, 1.82) is 0 Å². The first-order chi connectivity index (χ1) is 5.24. The fourth-order valence-electron chi connectivity index (χ4n) is 0.711. The van der Waals surface area contributed by atoms with Crippen LogP contribution < -0.4 is 0 Å². The molecule has 0 unspecified atom stereocenters. The highest BCUT2D eigenvalue weighted by atomic mass is 32.2. The van der Waals surface area contributed by atoms with Gasteiger partial charge in [-0.2, -0.15) is 11.8 Å². The van der Waals surface area contributed by atoms with E-state index in [4.69, 9.17) is 9.52 Å². The lowest BCUT2D eigenvalue weighted by Crippen LogP contribution is -1.91. The van der Waals surface area contributed by atoms with Gasteiger partial charge in [0.25, 0.3) is 0 Å². The summed E-state index contributed by atoms with van der Waals surface area (Å²) in [5.41, 5.74) is 0.217. The molecule has 1 N–H and O–H groups in total. The van der Waals surface area contributed by atoms with Gasteiger partial charge in [0.05, 0.1) is 11.3 Å². The van der Waals surface area contributed by atoms with Gasteiger partial charge in [-0.05, 0) is 12.3 Å². The zero-order valence-electron chi connectivity index (χ0n) is 6.03. The minimum Gasteiger partial charge on any atom is -0.478 e. The predicted octanol–water partition coefficient (Wildman–Crippen LogP) is 1.84. The second-order valence-corrected chi connectivity index (χ2v) is 2.91. The molecule has 60 valence electrons. The Hall–Kier alpha value is -0.900. The molecule has 1 aromatic rings. The molecule has 0 atom stereocenters. The Bertz CT molecular complexity index is 254. The van der Waals surface area contributed by atoms with E-state index in [1.165, 1.54) is 6.26 Å². The summed E-state index contributed by atoms with van der Waals surface area (Å²) in [6.07, 6.45) is 3.19. The van der Waals surface area contributed by atoms with E-state index in [2.05, 4.69) is 0 Å². The molecule has 4 heteroatoms. The van der Waals surface area contributed by atoms with Crippen molar-refractivity contribution in [2.24, 2.45) is 0 Å². The van der Waals surface area contributed by atoms with Crippen molar-refractivity contribution in [2.45, 2.75) is 5.75 Å². The van der Waals surface area contributed by atoms with Crippen LogP contribution in [0, 0.1) is 0 Å². The quantitative estimate of drug-likeness (QED) is 0.755. The summed E-state index contributed by atoms with van der Waals surface area (Å²) < 4.78 is 4.96. The van der Waals surface area contributed by atoms with Crippen LogP contribution in [0.25, 0.3) is 0 Å². The van der Waals surface area contributed by atoms with E-state index in [1.54, 1.807) is 17.8 Å². The summed E-state index contributed by atoms with van der Waals surface area (Å²) >= 11 is 1.59. The predicted molar refractivity (Wildman–Crippen MR) is 42.9 cm³/mol. The smallest absolute Gasteiger partial charge is 0.338 e. The van der Waals surface area contributed by atoms with Crippen molar-refractivity contribution < 1.29 is 14.3 Å². The average Bonchev–Trinajstić information content (AvgIpc) is 2.37. The number of thioether (sulfide) groups is 1. The van der Waals surface area contributed by atoms with Crippen LogP contribution in [0.4, 0.5) is 0 Å². The molecule has 0 saturated carbocycles. The van der Waals surface area contributed by atoms with Gasteiger partial charge in [-0.3, -0.25) is 0 Å². The third-order valence-corrected chi connectivity index (χ3v) is 1.76. The van der Waals surface area contributed by atoms with E-state index in [0.29, 0.717) is 11.5 Å². The summed E-state index contributed by atoms with van der Waals surface area (Å²) in [6, 6.07) is 1.54. The summed E-state index contributed by atoms with van der Waals surface area (Å²) in [6.45, 7) is 0. The maximum atomic E-state index is 10.4. The number of furan rings is 1. The monoisotopic (exact) mass is 172 g/mol. The SMILES string of the molecule is CSCc1cc(C(=O)O)co1. The number of carbonyl (C=O) groups is 1. The molecule has 1 aromatic heterocycles. The van der Waals surface area contributed by atoms with Crippen LogP contribution in [0.2, 0.25) is 0 Å². The number of carboxylic acid groups (broad SMARTS) is 1. The van der Waals surface area contributed by atoms with Crippen molar-refractivity contribution in [3.05, 3.63) is 23.7 Å². The fourth-order valence-corrected chi connectivity index (χ4v) is 1.15. The molecular formula is C7H8O3S. The molecule has 0 aliphatic carbocycles. The van der Waals surface area contributed by atoms with Gasteiger partial charge in [0.15, 0.2) is 0 Å². The van der Waals surface area contributed by atoms with E-state index in [1.807, 2.05) is 6.26 Å².